The van der Waals surface area contributed by atoms with Gasteiger partial charge in [0, 0.05) is 13.0 Å². The van der Waals surface area contributed by atoms with E-state index in [4.69, 9.17) is 9.47 Å². The highest BCUT2D eigenvalue weighted by Crippen LogP contribution is 2.19. The maximum absolute atomic E-state index is 13.3. The molecule has 0 spiro atoms. The zero-order valence-corrected chi connectivity index (χ0v) is 13.8. The summed E-state index contributed by atoms with van der Waals surface area (Å²) in [7, 11) is 0. The summed E-state index contributed by atoms with van der Waals surface area (Å²) in [6.07, 6.45) is -1.08. The Labute approximate surface area is 136 Å². The highest BCUT2D eigenvalue weighted by molar-refractivity contribution is 5.68. The van der Waals surface area contributed by atoms with Crippen LogP contribution in [0.25, 0.3) is 0 Å². The molecule has 6 heteroatoms. The number of carbonyl (C=O) groups is 1. The predicted octanol–water partition coefficient (Wildman–Crippen LogP) is 2.37. The van der Waals surface area contributed by atoms with E-state index in [1.807, 2.05) is 0 Å². The van der Waals surface area contributed by atoms with Crippen molar-refractivity contribution in [3.63, 3.8) is 0 Å². The molecule has 0 saturated carbocycles. The van der Waals surface area contributed by atoms with Gasteiger partial charge in [-0.3, -0.25) is 4.90 Å². The van der Waals surface area contributed by atoms with E-state index < -0.39 is 23.8 Å². The Morgan fingerprint density at radius 2 is 2.26 bits per heavy atom. The molecule has 1 amide bonds. The number of aliphatic hydroxyl groups excluding tert-OH is 1. The second-order valence-corrected chi connectivity index (χ2v) is 6.72. The van der Waals surface area contributed by atoms with Crippen LogP contribution in [0.2, 0.25) is 0 Å². The molecule has 1 aliphatic rings. The lowest BCUT2D eigenvalue weighted by atomic mass is 10.0. The van der Waals surface area contributed by atoms with Crippen LogP contribution >= 0.6 is 0 Å². The van der Waals surface area contributed by atoms with Gasteiger partial charge in [0.05, 0.1) is 25.4 Å². The fraction of sp³-hybridized carbons (Fsp3) is 0.588. The average molecular weight is 325 g/mol. The van der Waals surface area contributed by atoms with Crippen molar-refractivity contribution in [3.05, 3.63) is 35.6 Å². The maximum atomic E-state index is 13.3. The number of nitrogens with zero attached hydrogens (tertiary/aromatic N) is 1. The molecule has 2 rings (SSSR count). The van der Waals surface area contributed by atoms with E-state index in [0.717, 1.165) is 0 Å². The fourth-order valence-electron chi connectivity index (χ4n) is 2.53. The van der Waals surface area contributed by atoms with E-state index in [1.165, 1.54) is 17.0 Å². The highest BCUT2D eigenvalue weighted by Gasteiger charge is 2.35. The summed E-state index contributed by atoms with van der Waals surface area (Å²) in [5.74, 6) is -0.349. The van der Waals surface area contributed by atoms with Gasteiger partial charge in [0.15, 0.2) is 0 Å². The minimum atomic E-state index is -0.857. The molecule has 1 saturated heterocycles. The Morgan fingerprint density at radius 1 is 1.52 bits per heavy atom. The molecule has 2 atom stereocenters. The van der Waals surface area contributed by atoms with Gasteiger partial charge < -0.3 is 14.6 Å². The Bertz CT molecular complexity index is 544. The summed E-state index contributed by atoms with van der Waals surface area (Å²) >= 11 is 0. The summed E-state index contributed by atoms with van der Waals surface area (Å²) in [6, 6.07) is 5.56. The lowest BCUT2D eigenvalue weighted by Crippen LogP contribution is -2.55. The molecule has 1 N–H and O–H groups in total. The first-order valence-electron chi connectivity index (χ1n) is 7.76. The summed E-state index contributed by atoms with van der Waals surface area (Å²) < 4.78 is 24.0. The largest absolute Gasteiger partial charge is 0.444 e. The number of rotatable bonds is 3. The number of halogens is 1. The minimum Gasteiger partial charge on any atom is -0.444 e. The first-order valence-corrected chi connectivity index (χ1v) is 7.76. The van der Waals surface area contributed by atoms with Crippen molar-refractivity contribution >= 4 is 6.09 Å². The van der Waals surface area contributed by atoms with Crippen molar-refractivity contribution in [2.75, 3.05) is 19.8 Å². The van der Waals surface area contributed by atoms with E-state index in [9.17, 15) is 14.3 Å². The standard InChI is InChI=1S/C17H24FNO4/c1-17(2,3)23-16(21)19-7-8-22-11-14(19)15(20)10-12-5-4-6-13(18)9-12/h4-6,9,14-15,20H,7-8,10-11H2,1-3H3. The number of carbonyl (C=O) groups excluding carboxylic acids is 1. The van der Waals surface area contributed by atoms with Gasteiger partial charge in [0.2, 0.25) is 0 Å². The molecule has 128 valence electrons. The van der Waals surface area contributed by atoms with Crippen molar-refractivity contribution < 1.29 is 23.8 Å². The van der Waals surface area contributed by atoms with Crippen LogP contribution in [-0.4, -0.2) is 53.6 Å². The molecule has 1 fully saturated rings. The number of morpholine rings is 1. The number of ether oxygens (including phenoxy) is 2. The first kappa shape index (κ1) is 17.7. The Hall–Kier alpha value is -1.66. The van der Waals surface area contributed by atoms with Crippen LogP contribution in [0, 0.1) is 5.82 Å². The predicted molar refractivity (Wildman–Crippen MR) is 83.7 cm³/mol. The average Bonchev–Trinajstić information content (AvgIpc) is 2.45. The molecule has 0 bridgehead atoms. The normalized spacial score (nSPS) is 20.2. The van der Waals surface area contributed by atoms with Crippen molar-refractivity contribution in [1.82, 2.24) is 4.90 Å². The molecule has 1 heterocycles. The minimum absolute atomic E-state index is 0.232. The molecule has 23 heavy (non-hydrogen) atoms. The summed E-state index contributed by atoms with van der Waals surface area (Å²) in [5, 5.41) is 10.5. The van der Waals surface area contributed by atoms with Crippen LogP contribution < -0.4 is 0 Å². The molecule has 0 aliphatic carbocycles. The molecule has 1 aliphatic heterocycles. The van der Waals surface area contributed by atoms with Gasteiger partial charge >= 0.3 is 6.09 Å². The van der Waals surface area contributed by atoms with Crippen molar-refractivity contribution in [1.29, 1.82) is 0 Å². The van der Waals surface area contributed by atoms with Gasteiger partial charge in [-0.25, -0.2) is 9.18 Å². The third-order valence-corrected chi connectivity index (χ3v) is 3.57. The lowest BCUT2D eigenvalue weighted by Gasteiger charge is -2.38. The maximum Gasteiger partial charge on any atom is 0.410 e. The number of benzene rings is 1. The van der Waals surface area contributed by atoms with E-state index in [0.29, 0.717) is 18.7 Å². The van der Waals surface area contributed by atoms with Gasteiger partial charge in [-0.15, -0.1) is 0 Å². The van der Waals surface area contributed by atoms with E-state index in [-0.39, 0.29) is 18.8 Å². The molecule has 2 unspecified atom stereocenters. The Morgan fingerprint density at radius 3 is 2.91 bits per heavy atom. The zero-order valence-electron chi connectivity index (χ0n) is 13.8. The van der Waals surface area contributed by atoms with E-state index in [2.05, 4.69) is 0 Å². The first-order chi connectivity index (χ1) is 10.8. The van der Waals surface area contributed by atoms with E-state index >= 15 is 0 Å². The number of amides is 1. The third kappa shape index (κ3) is 5.18. The molecular formula is C17H24FNO4. The van der Waals surface area contributed by atoms with E-state index in [1.54, 1.807) is 32.9 Å². The topological polar surface area (TPSA) is 59.0 Å². The van der Waals surface area contributed by atoms with Gasteiger partial charge in [-0.2, -0.15) is 0 Å². The van der Waals surface area contributed by atoms with Gasteiger partial charge in [0.1, 0.15) is 11.4 Å². The third-order valence-electron chi connectivity index (χ3n) is 3.57. The van der Waals surface area contributed by atoms with Crippen LogP contribution in [0.1, 0.15) is 26.3 Å². The second-order valence-electron chi connectivity index (χ2n) is 6.72. The summed E-state index contributed by atoms with van der Waals surface area (Å²) in [6.45, 7) is 6.38. The molecule has 0 radical (unpaired) electrons. The Kier molecular flexibility index (Phi) is 5.59. The van der Waals surface area contributed by atoms with Crippen molar-refractivity contribution in [3.8, 4) is 0 Å². The summed E-state index contributed by atoms with van der Waals surface area (Å²) in [4.78, 5) is 13.8. The van der Waals surface area contributed by atoms with Crippen molar-refractivity contribution in [2.24, 2.45) is 0 Å². The lowest BCUT2D eigenvalue weighted by molar-refractivity contribution is -0.0660. The molecule has 5 nitrogen and oxygen atoms in total. The molecule has 0 aromatic heterocycles. The van der Waals surface area contributed by atoms with Crippen LogP contribution in [0.5, 0.6) is 0 Å². The van der Waals surface area contributed by atoms with Crippen LogP contribution in [0.4, 0.5) is 9.18 Å². The van der Waals surface area contributed by atoms with Gasteiger partial charge in [0.25, 0.3) is 0 Å². The van der Waals surface area contributed by atoms with Crippen LogP contribution in [-0.2, 0) is 15.9 Å². The molecule has 1 aromatic carbocycles. The highest BCUT2D eigenvalue weighted by atomic mass is 19.1. The summed E-state index contributed by atoms with van der Waals surface area (Å²) in [5.41, 5.74) is 0.0696. The number of hydrogen-bond donors (Lipinski definition) is 1. The van der Waals surface area contributed by atoms with Gasteiger partial charge in [-0.05, 0) is 38.5 Å². The SMILES string of the molecule is CC(C)(C)OC(=O)N1CCOCC1C(O)Cc1cccc(F)c1. The van der Waals surface area contributed by atoms with Gasteiger partial charge in [-0.1, -0.05) is 12.1 Å². The molecular weight excluding hydrogens is 301 g/mol. The van der Waals surface area contributed by atoms with Crippen LogP contribution in [0.15, 0.2) is 24.3 Å². The fourth-order valence-corrected chi connectivity index (χ4v) is 2.53. The monoisotopic (exact) mass is 325 g/mol. The molecule has 1 aromatic rings. The van der Waals surface area contributed by atoms with Crippen molar-refractivity contribution in [2.45, 2.75) is 44.9 Å². The second kappa shape index (κ2) is 7.27. The number of hydrogen-bond acceptors (Lipinski definition) is 4. The number of aliphatic hydroxyl groups is 1. The van der Waals surface area contributed by atoms with Crippen LogP contribution in [0.3, 0.4) is 0 Å². The Balaban J connectivity index is 2.06. The smallest absolute Gasteiger partial charge is 0.410 e. The quantitative estimate of drug-likeness (QED) is 0.927. The zero-order chi connectivity index (χ0) is 17.0.